The second-order valence-corrected chi connectivity index (χ2v) is 6.93. The number of nitrogens with one attached hydrogen (secondary N) is 2. The Balaban J connectivity index is 0.00000364. The molecule has 2 aromatic rings. The number of benzene rings is 1. The Labute approximate surface area is 182 Å². The van der Waals surface area contributed by atoms with E-state index in [1.807, 2.05) is 42.6 Å². The first-order valence-corrected chi connectivity index (χ1v) is 9.37. The highest BCUT2D eigenvalue weighted by molar-refractivity contribution is 14.0. The molecule has 1 heterocycles. The Bertz CT molecular complexity index is 721. The first-order valence-electron chi connectivity index (χ1n) is 8.49. The van der Waals surface area contributed by atoms with Crippen molar-refractivity contribution in [2.24, 2.45) is 4.99 Å². The molecule has 1 aromatic carbocycles. The van der Waals surface area contributed by atoms with Crippen LogP contribution in [-0.2, 0) is 12.1 Å². The topological polar surface area (TPSA) is 75.1 Å². The van der Waals surface area contributed by atoms with Crippen molar-refractivity contribution in [1.82, 2.24) is 10.6 Å². The molecule has 1 atom stereocenters. The number of ether oxygens (including phenoxy) is 2. The monoisotopic (exact) mass is 505 g/mol. The van der Waals surface area contributed by atoms with E-state index in [-0.39, 0.29) is 24.0 Å². The number of aliphatic imine (C=N–C) groups is 1. The van der Waals surface area contributed by atoms with Crippen molar-refractivity contribution in [2.75, 3.05) is 27.3 Å². The van der Waals surface area contributed by atoms with Crippen molar-refractivity contribution in [3.63, 3.8) is 0 Å². The van der Waals surface area contributed by atoms with Gasteiger partial charge in [0.15, 0.2) is 5.96 Å². The maximum Gasteiger partial charge on any atom is 0.191 e. The number of methoxy groups -OCH3 is 2. The molecule has 6 nitrogen and oxygen atoms in total. The van der Waals surface area contributed by atoms with Crippen LogP contribution in [0.3, 0.4) is 0 Å². The fourth-order valence-corrected chi connectivity index (χ4v) is 3.20. The molecule has 0 aliphatic carbocycles. The van der Waals surface area contributed by atoms with Gasteiger partial charge in [-0.1, -0.05) is 6.07 Å². The van der Waals surface area contributed by atoms with Crippen LogP contribution in [0.1, 0.15) is 24.3 Å². The Morgan fingerprint density at radius 2 is 2.00 bits per heavy atom. The first kappa shape index (κ1) is 23.5. The third-order valence-electron chi connectivity index (χ3n) is 3.90. The highest BCUT2D eigenvalue weighted by Crippen LogP contribution is 2.26. The molecule has 0 saturated carbocycles. The van der Waals surface area contributed by atoms with Gasteiger partial charge in [0.05, 0.1) is 27.3 Å². The lowest BCUT2D eigenvalue weighted by atomic mass is 10.1. The van der Waals surface area contributed by atoms with Crippen molar-refractivity contribution >= 4 is 41.3 Å². The summed E-state index contributed by atoms with van der Waals surface area (Å²) >= 11 is 1.53. The number of guanidine groups is 1. The minimum absolute atomic E-state index is 0. The molecule has 0 aliphatic heterocycles. The maximum atomic E-state index is 10.6. The van der Waals surface area contributed by atoms with Crippen LogP contribution < -0.4 is 20.1 Å². The van der Waals surface area contributed by atoms with Crippen molar-refractivity contribution in [3.05, 3.63) is 46.2 Å². The number of halogens is 1. The van der Waals surface area contributed by atoms with E-state index >= 15 is 0 Å². The fourth-order valence-electron chi connectivity index (χ4n) is 2.42. The summed E-state index contributed by atoms with van der Waals surface area (Å²) in [7, 11) is 3.25. The van der Waals surface area contributed by atoms with Crippen molar-refractivity contribution < 1.29 is 14.6 Å². The molecule has 8 heteroatoms. The lowest BCUT2D eigenvalue weighted by Crippen LogP contribution is -2.44. The summed E-state index contributed by atoms with van der Waals surface area (Å²) in [6.07, 6.45) is 0. The molecule has 3 N–H and O–H groups in total. The number of rotatable bonds is 8. The standard InChI is InChI=1S/C19H27N3O3S.HI/c1-5-20-18(22-13-19(2,23)17-7-6-10-26-17)21-12-14-8-9-15(24-3)11-16(14)25-4;/h6-11,23H,5,12-13H2,1-4H3,(H2,20,21,22);1H. The SMILES string of the molecule is CCNC(=NCc1ccc(OC)cc1OC)NCC(C)(O)c1cccs1.I. The van der Waals surface area contributed by atoms with E-state index in [2.05, 4.69) is 15.6 Å². The van der Waals surface area contributed by atoms with Crippen LogP contribution in [0.25, 0.3) is 0 Å². The molecule has 0 aliphatic rings. The van der Waals surface area contributed by atoms with E-state index in [9.17, 15) is 5.11 Å². The molecule has 0 bridgehead atoms. The molecule has 0 saturated heterocycles. The molecule has 0 spiro atoms. The van der Waals surface area contributed by atoms with E-state index in [0.29, 0.717) is 19.0 Å². The van der Waals surface area contributed by atoms with Crippen LogP contribution in [-0.4, -0.2) is 38.4 Å². The molecule has 27 heavy (non-hydrogen) atoms. The predicted octanol–water partition coefficient (Wildman–Crippen LogP) is 3.35. The average Bonchev–Trinajstić information content (AvgIpc) is 3.19. The lowest BCUT2D eigenvalue weighted by Gasteiger charge is -2.23. The number of nitrogens with zero attached hydrogens (tertiary/aromatic N) is 1. The first-order chi connectivity index (χ1) is 12.5. The molecule has 1 aromatic heterocycles. The van der Waals surface area contributed by atoms with Gasteiger partial charge in [0.1, 0.15) is 17.1 Å². The Hall–Kier alpha value is -1.52. The summed E-state index contributed by atoms with van der Waals surface area (Å²) in [5, 5.41) is 19.0. The van der Waals surface area contributed by atoms with Gasteiger partial charge in [-0.25, -0.2) is 4.99 Å². The molecule has 0 amide bonds. The molecule has 0 fully saturated rings. The van der Waals surface area contributed by atoms with Crippen LogP contribution >= 0.6 is 35.3 Å². The third kappa shape index (κ3) is 6.86. The average molecular weight is 505 g/mol. The van der Waals surface area contributed by atoms with Gasteiger partial charge in [0, 0.05) is 23.1 Å². The van der Waals surface area contributed by atoms with Gasteiger partial charge in [-0.05, 0) is 37.4 Å². The maximum absolute atomic E-state index is 10.6. The second kappa shape index (κ2) is 11.4. The largest absolute Gasteiger partial charge is 0.497 e. The molecule has 0 radical (unpaired) electrons. The summed E-state index contributed by atoms with van der Waals surface area (Å²) in [4.78, 5) is 5.51. The van der Waals surface area contributed by atoms with Crippen LogP contribution in [0, 0.1) is 0 Å². The zero-order valence-corrected chi connectivity index (χ0v) is 19.3. The quantitative estimate of drug-likeness (QED) is 0.292. The van der Waals surface area contributed by atoms with Crippen molar-refractivity contribution in [2.45, 2.75) is 26.0 Å². The van der Waals surface area contributed by atoms with E-state index in [1.165, 1.54) is 11.3 Å². The molecule has 150 valence electrons. The van der Waals surface area contributed by atoms with Gasteiger partial charge in [-0.15, -0.1) is 35.3 Å². The summed E-state index contributed by atoms with van der Waals surface area (Å²) in [6, 6.07) is 9.52. The summed E-state index contributed by atoms with van der Waals surface area (Å²) in [5.41, 5.74) is -0.00200. The van der Waals surface area contributed by atoms with E-state index in [1.54, 1.807) is 21.1 Å². The lowest BCUT2D eigenvalue weighted by molar-refractivity contribution is 0.0655. The highest BCUT2D eigenvalue weighted by Gasteiger charge is 2.24. The predicted molar refractivity (Wildman–Crippen MR) is 122 cm³/mol. The normalized spacial score (nSPS) is 13.3. The Morgan fingerprint density at radius 3 is 2.59 bits per heavy atom. The zero-order chi connectivity index (χ0) is 19.0. The number of hydrogen-bond donors (Lipinski definition) is 3. The summed E-state index contributed by atoms with van der Waals surface area (Å²) in [5.74, 6) is 2.11. The van der Waals surface area contributed by atoms with Gasteiger partial charge in [-0.2, -0.15) is 0 Å². The number of aliphatic hydroxyl groups is 1. The van der Waals surface area contributed by atoms with Crippen LogP contribution in [0.4, 0.5) is 0 Å². The summed E-state index contributed by atoms with van der Waals surface area (Å²) < 4.78 is 10.6. The van der Waals surface area contributed by atoms with Gasteiger partial charge < -0.3 is 25.2 Å². The molecular formula is C19H28IN3O3S. The van der Waals surface area contributed by atoms with Crippen molar-refractivity contribution in [1.29, 1.82) is 0 Å². The third-order valence-corrected chi connectivity index (χ3v) is 5.02. The zero-order valence-electron chi connectivity index (χ0n) is 16.1. The second-order valence-electron chi connectivity index (χ2n) is 5.98. The highest BCUT2D eigenvalue weighted by atomic mass is 127. The Kier molecular flexibility index (Phi) is 9.89. The van der Waals surface area contributed by atoms with Gasteiger partial charge >= 0.3 is 0 Å². The van der Waals surface area contributed by atoms with E-state index < -0.39 is 5.60 Å². The van der Waals surface area contributed by atoms with Crippen LogP contribution in [0.15, 0.2) is 40.7 Å². The minimum Gasteiger partial charge on any atom is -0.497 e. The van der Waals surface area contributed by atoms with E-state index in [4.69, 9.17) is 9.47 Å². The number of thiophene rings is 1. The Morgan fingerprint density at radius 1 is 1.22 bits per heavy atom. The smallest absolute Gasteiger partial charge is 0.191 e. The molecule has 2 rings (SSSR count). The van der Waals surface area contributed by atoms with Crippen LogP contribution in [0.5, 0.6) is 11.5 Å². The fraction of sp³-hybridized carbons (Fsp3) is 0.421. The van der Waals surface area contributed by atoms with Crippen LogP contribution in [0.2, 0.25) is 0 Å². The van der Waals surface area contributed by atoms with Gasteiger partial charge in [-0.3, -0.25) is 0 Å². The molecular weight excluding hydrogens is 477 g/mol. The van der Waals surface area contributed by atoms with Crippen molar-refractivity contribution in [3.8, 4) is 11.5 Å². The minimum atomic E-state index is -0.956. The summed E-state index contributed by atoms with van der Waals surface area (Å²) in [6.45, 7) is 5.33. The van der Waals surface area contributed by atoms with Gasteiger partial charge in [0.25, 0.3) is 0 Å². The molecule has 1 unspecified atom stereocenters. The van der Waals surface area contributed by atoms with E-state index in [0.717, 1.165) is 28.5 Å². The number of hydrogen-bond acceptors (Lipinski definition) is 5. The van der Waals surface area contributed by atoms with Gasteiger partial charge in [0.2, 0.25) is 0 Å².